The Kier molecular flexibility index (Phi) is 7.98. The molecule has 0 aliphatic carbocycles. The Hall–Kier alpha value is -2.58. The number of carbonyl (C=O) groups excluding carboxylic acids is 3. The van der Waals surface area contributed by atoms with E-state index in [1.807, 2.05) is 61.2 Å². The van der Waals surface area contributed by atoms with Gasteiger partial charge in [-0.2, -0.15) is 0 Å². The molecule has 0 radical (unpaired) electrons. The molecule has 4 heterocycles. The van der Waals surface area contributed by atoms with Gasteiger partial charge in [-0.1, -0.05) is 76.1 Å². The van der Waals surface area contributed by atoms with E-state index in [0.717, 1.165) is 24.9 Å². The molecule has 39 heavy (non-hydrogen) atoms. The summed E-state index contributed by atoms with van der Waals surface area (Å²) < 4.78 is -0.870. The van der Waals surface area contributed by atoms with Gasteiger partial charge in [0, 0.05) is 30.1 Å². The third-order valence-electron chi connectivity index (χ3n) is 9.28. The normalized spacial score (nSPS) is 32.4. The lowest BCUT2D eigenvalue weighted by molar-refractivity contribution is -0.147. The number of aliphatic hydroxyl groups is 1. The highest BCUT2D eigenvalue weighted by molar-refractivity contribution is 8.02. The second kappa shape index (κ2) is 11.1. The number of rotatable bonds is 8. The first kappa shape index (κ1) is 28.0. The number of likely N-dealkylation sites (tertiary alicyclic amines) is 1. The summed E-state index contributed by atoms with van der Waals surface area (Å²) in [5.74, 6) is -1.61. The fraction of sp³-hybridized carbons (Fsp3) is 0.581. The molecule has 4 aliphatic rings. The Labute approximate surface area is 236 Å². The molecule has 3 amide bonds. The number of anilines is 1. The van der Waals surface area contributed by atoms with Crippen LogP contribution < -0.4 is 4.90 Å². The molecular formula is C31H41N3O4S. The molecule has 8 atom stereocenters. The zero-order valence-electron chi connectivity index (χ0n) is 23.4. The molecule has 1 aromatic rings. The predicted molar refractivity (Wildman–Crippen MR) is 155 cm³/mol. The molecule has 0 saturated carbocycles. The molecule has 2 fully saturated rings. The van der Waals surface area contributed by atoms with Gasteiger partial charge in [-0.25, -0.2) is 0 Å². The number of carbonyl (C=O) groups is 3. The first-order chi connectivity index (χ1) is 18.8. The van der Waals surface area contributed by atoms with Crippen LogP contribution in [0.25, 0.3) is 0 Å². The number of hydrogen-bond acceptors (Lipinski definition) is 5. The summed E-state index contributed by atoms with van der Waals surface area (Å²) in [5, 5.41) is 10.4. The number of para-hydroxylation sites is 1. The van der Waals surface area contributed by atoms with E-state index < -0.39 is 28.7 Å². The Morgan fingerprint density at radius 1 is 1.03 bits per heavy atom. The van der Waals surface area contributed by atoms with Crippen molar-refractivity contribution in [2.45, 2.75) is 75.1 Å². The summed E-state index contributed by atoms with van der Waals surface area (Å²) in [6.45, 7) is 8.95. The molecular weight excluding hydrogens is 510 g/mol. The van der Waals surface area contributed by atoms with Crippen molar-refractivity contribution >= 4 is 35.2 Å². The van der Waals surface area contributed by atoms with Crippen molar-refractivity contribution in [2.75, 3.05) is 24.6 Å². The maximum absolute atomic E-state index is 14.6. The van der Waals surface area contributed by atoms with Crippen LogP contribution in [0.15, 0.2) is 54.6 Å². The molecule has 1 N–H and O–H groups in total. The van der Waals surface area contributed by atoms with Crippen molar-refractivity contribution in [1.82, 2.24) is 9.80 Å². The van der Waals surface area contributed by atoms with Crippen LogP contribution in [0.1, 0.15) is 47.0 Å². The molecule has 2 unspecified atom stereocenters. The Morgan fingerprint density at radius 3 is 2.44 bits per heavy atom. The van der Waals surface area contributed by atoms with E-state index in [9.17, 15) is 19.5 Å². The van der Waals surface area contributed by atoms with Crippen LogP contribution in [0.3, 0.4) is 0 Å². The van der Waals surface area contributed by atoms with Crippen molar-refractivity contribution in [3.8, 4) is 0 Å². The monoisotopic (exact) mass is 551 g/mol. The van der Waals surface area contributed by atoms with Gasteiger partial charge in [-0.15, -0.1) is 11.8 Å². The minimum absolute atomic E-state index is 0.00252. The highest BCUT2D eigenvalue weighted by Crippen LogP contribution is 2.61. The Morgan fingerprint density at radius 2 is 1.77 bits per heavy atom. The molecule has 5 rings (SSSR count). The van der Waals surface area contributed by atoms with Gasteiger partial charge < -0.3 is 19.8 Å². The third-order valence-corrected chi connectivity index (χ3v) is 11.0. The molecule has 0 aromatic heterocycles. The van der Waals surface area contributed by atoms with Crippen molar-refractivity contribution in [2.24, 2.45) is 17.8 Å². The topological polar surface area (TPSA) is 81.2 Å². The minimum Gasteiger partial charge on any atom is -0.394 e. The minimum atomic E-state index is -0.870. The van der Waals surface area contributed by atoms with E-state index in [2.05, 4.69) is 26.0 Å². The van der Waals surface area contributed by atoms with Crippen molar-refractivity contribution in [3.05, 3.63) is 54.6 Å². The van der Waals surface area contributed by atoms with Crippen molar-refractivity contribution in [1.29, 1.82) is 0 Å². The highest BCUT2D eigenvalue weighted by atomic mass is 32.2. The van der Waals surface area contributed by atoms with Crippen LogP contribution in [-0.4, -0.2) is 80.4 Å². The lowest BCUT2D eigenvalue weighted by Gasteiger charge is -2.41. The summed E-state index contributed by atoms with van der Waals surface area (Å²) in [4.78, 5) is 48.7. The average molecular weight is 552 g/mol. The van der Waals surface area contributed by atoms with Gasteiger partial charge in [-0.3, -0.25) is 14.4 Å². The fourth-order valence-corrected chi connectivity index (χ4v) is 9.07. The molecule has 8 heteroatoms. The Balaban J connectivity index is 1.63. The van der Waals surface area contributed by atoms with Crippen LogP contribution in [0.4, 0.5) is 5.69 Å². The fourth-order valence-electron chi connectivity index (χ4n) is 7.08. The largest absolute Gasteiger partial charge is 0.394 e. The number of benzene rings is 1. The van der Waals surface area contributed by atoms with Gasteiger partial charge in [0.15, 0.2) is 0 Å². The third kappa shape index (κ3) is 4.44. The summed E-state index contributed by atoms with van der Waals surface area (Å²) in [7, 11) is 0. The van der Waals surface area contributed by atoms with Gasteiger partial charge in [0.25, 0.3) is 0 Å². The van der Waals surface area contributed by atoms with E-state index in [1.54, 1.807) is 21.6 Å². The predicted octanol–water partition coefficient (Wildman–Crippen LogP) is 3.88. The van der Waals surface area contributed by atoms with E-state index in [1.165, 1.54) is 0 Å². The lowest BCUT2D eigenvalue weighted by Crippen LogP contribution is -2.58. The molecule has 2 saturated heterocycles. The van der Waals surface area contributed by atoms with Gasteiger partial charge in [0.2, 0.25) is 17.7 Å². The maximum atomic E-state index is 14.6. The lowest BCUT2D eigenvalue weighted by atomic mass is 9.78. The number of nitrogens with zero attached hydrogens (tertiary/aromatic N) is 3. The zero-order valence-corrected chi connectivity index (χ0v) is 24.2. The summed E-state index contributed by atoms with van der Waals surface area (Å²) in [6, 6.07) is 8.36. The van der Waals surface area contributed by atoms with E-state index in [-0.39, 0.29) is 41.5 Å². The second-order valence-corrected chi connectivity index (χ2v) is 13.0. The van der Waals surface area contributed by atoms with Crippen molar-refractivity contribution in [3.63, 3.8) is 0 Å². The van der Waals surface area contributed by atoms with Crippen LogP contribution in [0.5, 0.6) is 0 Å². The molecule has 7 nitrogen and oxygen atoms in total. The van der Waals surface area contributed by atoms with Crippen LogP contribution in [-0.2, 0) is 14.4 Å². The average Bonchev–Trinajstić information content (AvgIpc) is 3.25. The summed E-state index contributed by atoms with van der Waals surface area (Å²) in [5.41, 5.74) is 0.803. The number of amides is 3. The molecule has 210 valence electrons. The van der Waals surface area contributed by atoms with E-state index in [4.69, 9.17) is 0 Å². The maximum Gasteiger partial charge on any atom is 0.247 e. The van der Waals surface area contributed by atoms with Crippen molar-refractivity contribution < 1.29 is 19.5 Å². The smallest absolute Gasteiger partial charge is 0.247 e. The second-order valence-electron chi connectivity index (χ2n) is 11.5. The SMILES string of the molecule is CCCC(C)N1CC=C[C@]23S[C@H]4C=CCN(c5ccccc5)C(=O)[C@H]4[C@H]2C(=O)N([C@@H](CO)[C@@H](C)CC)C3C1=O. The first-order valence-electron chi connectivity index (χ1n) is 14.4. The standard InChI is InChI=1S/C31H41N3O4S/c1-5-12-21(4)32-18-11-16-31-26(29(37)34(27(31)30(32)38)23(19-35)20(3)6-2)25-24(39-31)15-10-17-33(28(25)36)22-13-8-7-9-14-22/h7-11,13-16,20-21,23-27,35H,5-6,12,17-19H2,1-4H3/t20-,21?,23-,24-,25+,26-,27?,31-/m0/s1. The van der Waals surface area contributed by atoms with E-state index >= 15 is 0 Å². The summed E-state index contributed by atoms with van der Waals surface area (Å²) in [6.07, 6.45) is 10.8. The van der Waals surface area contributed by atoms with Gasteiger partial charge >= 0.3 is 0 Å². The first-order valence-corrected chi connectivity index (χ1v) is 15.3. The molecule has 0 bridgehead atoms. The van der Waals surface area contributed by atoms with Crippen LogP contribution in [0, 0.1) is 17.8 Å². The Bertz CT molecular complexity index is 1160. The van der Waals surface area contributed by atoms with Gasteiger partial charge in [0.1, 0.15) is 6.04 Å². The number of fused-ring (bicyclic) bond motifs is 2. The molecule has 1 spiro atoms. The van der Waals surface area contributed by atoms with E-state index in [0.29, 0.717) is 13.1 Å². The molecule has 4 aliphatic heterocycles. The quantitative estimate of drug-likeness (QED) is 0.496. The van der Waals surface area contributed by atoms with Gasteiger partial charge in [0.05, 0.1) is 29.2 Å². The molecule has 1 aromatic carbocycles. The van der Waals surface area contributed by atoms with Crippen LogP contribution in [0.2, 0.25) is 0 Å². The highest BCUT2D eigenvalue weighted by Gasteiger charge is 2.72. The number of thioether (sulfide) groups is 1. The summed E-state index contributed by atoms with van der Waals surface area (Å²) >= 11 is 1.60. The number of hydrogen-bond donors (Lipinski definition) is 1. The van der Waals surface area contributed by atoms with Gasteiger partial charge in [-0.05, 0) is 31.4 Å². The zero-order chi connectivity index (χ0) is 27.9. The van der Waals surface area contributed by atoms with Crippen LogP contribution >= 0.6 is 11.8 Å². The number of aliphatic hydroxyl groups excluding tert-OH is 1.